The molecular formula is C19H13ClF4N4O2. The van der Waals surface area contributed by atoms with Crippen molar-refractivity contribution in [3.05, 3.63) is 71.5 Å². The van der Waals surface area contributed by atoms with Gasteiger partial charge in [0.15, 0.2) is 0 Å². The van der Waals surface area contributed by atoms with Gasteiger partial charge in [-0.15, -0.1) is 27.6 Å². The molecule has 11 heteroatoms. The molecule has 1 heterocycles. The molecule has 0 bridgehead atoms. The summed E-state index contributed by atoms with van der Waals surface area (Å²) in [6.07, 6.45) is -0.936. The van der Waals surface area contributed by atoms with Crippen LogP contribution in [0.1, 0.15) is 5.56 Å². The van der Waals surface area contributed by atoms with Crippen LogP contribution in [0.3, 0.4) is 0 Å². The second-order valence-corrected chi connectivity index (χ2v) is 6.41. The maximum Gasteiger partial charge on any atom is 0.573 e. The summed E-state index contributed by atoms with van der Waals surface area (Å²) in [6.45, 7) is 0. The van der Waals surface area contributed by atoms with Crippen LogP contribution in [-0.2, 0) is 7.05 Å². The fourth-order valence-electron chi connectivity index (χ4n) is 2.44. The highest BCUT2D eigenvalue weighted by molar-refractivity contribution is 6.43. The van der Waals surface area contributed by atoms with E-state index >= 15 is 0 Å². The van der Waals surface area contributed by atoms with Crippen LogP contribution in [0, 0.1) is 5.82 Å². The van der Waals surface area contributed by atoms with Crippen LogP contribution in [0.5, 0.6) is 5.75 Å². The van der Waals surface area contributed by atoms with Crippen molar-refractivity contribution < 1.29 is 32.1 Å². The monoisotopic (exact) mass is 440 g/mol. The summed E-state index contributed by atoms with van der Waals surface area (Å²) in [4.78, 5) is 0. The number of alkyl halides is 3. The summed E-state index contributed by atoms with van der Waals surface area (Å²) in [7, 11) is 1.64. The number of nitrogens with zero attached hydrogens (tertiary/aromatic N) is 4. The number of hydrogen-bond donors (Lipinski definition) is 0. The molecular weight excluding hydrogens is 428 g/mol. The first-order chi connectivity index (χ1) is 14.1. The quantitative estimate of drug-likeness (QED) is 0.265. The van der Waals surface area contributed by atoms with Crippen LogP contribution < -0.4 is 14.5 Å². The fourth-order valence-corrected chi connectivity index (χ4v) is 2.60. The van der Waals surface area contributed by atoms with Gasteiger partial charge in [0, 0.05) is 16.6 Å². The average Bonchev–Trinajstić information content (AvgIpc) is 3.07. The van der Waals surface area contributed by atoms with Crippen molar-refractivity contribution in [3.63, 3.8) is 0 Å². The smallest absolute Gasteiger partial charge is 0.573 e. The molecule has 0 N–H and O–H groups in total. The Hall–Kier alpha value is -3.40. The molecule has 0 aliphatic rings. The first-order valence-electron chi connectivity index (χ1n) is 8.30. The lowest BCUT2D eigenvalue weighted by Gasteiger charge is -2.10. The SMILES string of the molecule is Cn1c[n+](/N=C([O-])/C(Cl)=C/c2ccc(-c3ccc(OC(F)(F)F)cc3)cc2F)cn1. The summed E-state index contributed by atoms with van der Waals surface area (Å²) < 4.78 is 57.5. The van der Waals surface area contributed by atoms with Gasteiger partial charge in [-0.05, 0) is 35.4 Å². The van der Waals surface area contributed by atoms with E-state index < -0.39 is 18.1 Å². The van der Waals surface area contributed by atoms with E-state index in [9.17, 15) is 22.7 Å². The molecule has 6 nitrogen and oxygen atoms in total. The van der Waals surface area contributed by atoms with Crippen molar-refractivity contribution in [2.45, 2.75) is 6.36 Å². The van der Waals surface area contributed by atoms with Gasteiger partial charge >= 0.3 is 6.36 Å². The number of aryl methyl sites for hydroxylation is 1. The molecule has 0 amide bonds. The van der Waals surface area contributed by atoms with Gasteiger partial charge < -0.3 is 9.84 Å². The summed E-state index contributed by atoms with van der Waals surface area (Å²) in [5.74, 6) is -1.85. The predicted octanol–water partition coefficient (Wildman–Crippen LogP) is 3.21. The van der Waals surface area contributed by atoms with Gasteiger partial charge in [0.05, 0.1) is 12.1 Å². The standard InChI is InChI=1S/C19H13ClF4N4O2/c1-27-11-28(10-25-27)26-18(29)16(20)8-14-3-2-13(9-17(14)21)12-4-6-15(7-5-12)30-19(22,23)24/h2-11H,1H3/b16-8-. The number of halogens is 5. The van der Waals surface area contributed by atoms with E-state index in [0.29, 0.717) is 11.1 Å². The number of aromatic nitrogens is 3. The van der Waals surface area contributed by atoms with Gasteiger partial charge in [-0.3, -0.25) is 0 Å². The maximum absolute atomic E-state index is 14.5. The van der Waals surface area contributed by atoms with Gasteiger partial charge in [0.1, 0.15) is 11.6 Å². The van der Waals surface area contributed by atoms with Crippen LogP contribution >= 0.6 is 11.6 Å². The number of ether oxygens (including phenoxy) is 1. The van der Waals surface area contributed by atoms with E-state index in [1.54, 1.807) is 7.05 Å². The van der Waals surface area contributed by atoms with E-state index in [2.05, 4.69) is 14.9 Å². The van der Waals surface area contributed by atoms with Crippen molar-refractivity contribution >= 4 is 23.6 Å². The molecule has 0 unspecified atom stereocenters. The molecule has 0 aliphatic carbocycles. The van der Waals surface area contributed by atoms with Gasteiger partial charge in [0.2, 0.25) is 6.33 Å². The molecule has 0 aliphatic heterocycles. The predicted molar refractivity (Wildman–Crippen MR) is 98.6 cm³/mol. The summed E-state index contributed by atoms with van der Waals surface area (Å²) in [6, 6.07) is 9.09. The Balaban J connectivity index is 1.79. The zero-order valence-corrected chi connectivity index (χ0v) is 16.0. The Labute approximate surface area is 172 Å². The second kappa shape index (κ2) is 8.54. The lowest BCUT2D eigenvalue weighted by molar-refractivity contribution is -0.682. The third kappa shape index (κ3) is 5.57. The molecule has 0 saturated heterocycles. The highest BCUT2D eigenvalue weighted by atomic mass is 35.5. The van der Waals surface area contributed by atoms with E-state index in [1.807, 2.05) is 0 Å². The van der Waals surface area contributed by atoms with Crippen LogP contribution in [0.25, 0.3) is 17.2 Å². The molecule has 0 saturated carbocycles. The highest BCUT2D eigenvalue weighted by Crippen LogP contribution is 2.28. The normalized spacial score (nSPS) is 12.9. The lowest BCUT2D eigenvalue weighted by Crippen LogP contribution is -2.31. The van der Waals surface area contributed by atoms with Crippen LogP contribution in [0.2, 0.25) is 0 Å². The maximum atomic E-state index is 14.5. The van der Waals surface area contributed by atoms with E-state index in [-0.39, 0.29) is 16.3 Å². The molecule has 0 fully saturated rings. The molecule has 30 heavy (non-hydrogen) atoms. The third-order valence-electron chi connectivity index (χ3n) is 3.75. The lowest BCUT2D eigenvalue weighted by atomic mass is 10.0. The van der Waals surface area contributed by atoms with Gasteiger partial charge in [-0.2, -0.15) is 0 Å². The fraction of sp³-hybridized carbons (Fsp3) is 0.105. The van der Waals surface area contributed by atoms with Crippen LogP contribution in [-0.4, -0.2) is 22.0 Å². The van der Waals surface area contributed by atoms with Crippen LogP contribution in [0.4, 0.5) is 17.6 Å². The summed E-state index contributed by atoms with van der Waals surface area (Å²) >= 11 is 5.93. The first-order valence-corrected chi connectivity index (χ1v) is 8.68. The Bertz CT molecular complexity index is 1110. The molecule has 0 atom stereocenters. The van der Waals surface area contributed by atoms with E-state index in [1.165, 1.54) is 47.7 Å². The van der Waals surface area contributed by atoms with E-state index in [0.717, 1.165) is 22.9 Å². The Morgan fingerprint density at radius 3 is 2.43 bits per heavy atom. The molecule has 0 spiro atoms. The molecule has 3 aromatic rings. The minimum Gasteiger partial charge on any atom is -0.855 e. The molecule has 3 rings (SSSR count). The molecule has 1 aromatic heterocycles. The Morgan fingerprint density at radius 1 is 1.20 bits per heavy atom. The largest absolute Gasteiger partial charge is 0.855 e. The van der Waals surface area contributed by atoms with E-state index in [4.69, 9.17) is 11.6 Å². The van der Waals surface area contributed by atoms with Gasteiger partial charge in [-0.1, -0.05) is 35.9 Å². The van der Waals surface area contributed by atoms with Crippen LogP contribution in [0.15, 0.2) is 65.3 Å². The zero-order valence-electron chi connectivity index (χ0n) is 15.3. The van der Waals surface area contributed by atoms with Gasteiger partial charge in [-0.25, -0.2) is 4.39 Å². The number of benzene rings is 2. The zero-order chi connectivity index (χ0) is 21.9. The second-order valence-electron chi connectivity index (χ2n) is 6.01. The number of hydrogen-bond acceptors (Lipinski definition) is 4. The van der Waals surface area contributed by atoms with Crippen molar-refractivity contribution in [1.29, 1.82) is 0 Å². The topological polar surface area (TPSA) is 66.3 Å². The Kier molecular flexibility index (Phi) is 6.06. The third-order valence-corrected chi connectivity index (χ3v) is 4.02. The molecule has 2 aromatic carbocycles. The first kappa shape index (κ1) is 21.3. The summed E-state index contributed by atoms with van der Waals surface area (Å²) in [5.41, 5.74) is 0.936. The minimum atomic E-state index is -4.79. The van der Waals surface area contributed by atoms with Crippen molar-refractivity contribution in [1.82, 2.24) is 9.78 Å². The molecule has 156 valence electrons. The average molecular weight is 441 g/mol. The molecule has 0 radical (unpaired) electrons. The number of rotatable bonds is 5. The minimum absolute atomic E-state index is 0.0421. The summed E-state index contributed by atoms with van der Waals surface area (Å²) in [5, 5.41) is 19.2. The van der Waals surface area contributed by atoms with Crippen molar-refractivity contribution in [2.75, 3.05) is 0 Å². The van der Waals surface area contributed by atoms with Crippen molar-refractivity contribution in [3.8, 4) is 16.9 Å². The van der Waals surface area contributed by atoms with Gasteiger partial charge in [0.25, 0.3) is 6.33 Å². The Morgan fingerprint density at radius 2 is 1.87 bits per heavy atom. The highest BCUT2D eigenvalue weighted by Gasteiger charge is 2.30. The van der Waals surface area contributed by atoms with Crippen molar-refractivity contribution in [2.24, 2.45) is 12.1 Å².